The maximum absolute atomic E-state index is 10.8. The summed E-state index contributed by atoms with van der Waals surface area (Å²) in [5, 5.41) is 0. The predicted octanol–water partition coefficient (Wildman–Crippen LogP) is 1.04. The highest BCUT2D eigenvalue weighted by Gasteiger charge is 2.05. The highest BCUT2D eigenvalue weighted by Crippen LogP contribution is 1.93. The van der Waals surface area contributed by atoms with E-state index in [1.807, 2.05) is 13.8 Å². The molecule has 0 aliphatic rings. The third-order valence-electron chi connectivity index (χ3n) is 1.30. The molecule has 0 aromatic rings. The minimum atomic E-state index is -0.0231. The van der Waals surface area contributed by atoms with Gasteiger partial charge in [0.2, 0.25) is 5.91 Å². The van der Waals surface area contributed by atoms with E-state index in [9.17, 15) is 4.79 Å². The first kappa shape index (κ1) is 8.21. The molecule has 0 rings (SSSR count). The number of nitrogens with zero attached hydrogens (tertiary/aromatic N) is 1. The van der Waals surface area contributed by atoms with Gasteiger partial charge in [0.15, 0.2) is 0 Å². The van der Waals surface area contributed by atoms with E-state index in [0.29, 0.717) is 0 Å². The lowest BCUT2D eigenvalue weighted by Crippen LogP contribution is -2.31. The quantitative estimate of drug-likeness (QED) is 0.507. The summed E-state index contributed by atoms with van der Waals surface area (Å²) in [6, 6.07) is 0.260. The van der Waals surface area contributed by atoms with Crippen LogP contribution in [0.4, 0.5) is 0 Å². The van der Waals surface area contributed by atoms with Crippen molar-refractivity contribution in [2.45, 2.75) is 19.9 Å². The van der Waals surface area contributed by atoms with Gasteiger partial charge in [-0.2, -0.15) is 0 Å². The average Bonchev–Trinajstić information content (AvgIpc) is 1.84. The second-order valence-electron chi connectivity index (χ2n) is 2.25. The van der Waals surface area contributed by atoms with E-state index in [4.69, 9.17) is 0 Å². The Labute approximate surface area is 56.2 Å². The van der Waals surface area contributed by atoms with Crippen LogP contribution in [0.15, 0.2) is 12.7 Å². The van der Waals surface area contributed by atoms with Crippen LogP contribution < -0.4 is 0 Å². The Hall–Kier alpha value is -0.790. The first-order chi connectivity index (χ1) is 4.09. The zero-order valence-electron chi connectivity index (χ0n) is 6.22. The van der Waals surface area contributed by atoms with Gasteiger partial charge >= 0.3 is 0 Å². The summed E-state index contributed by atoms with van der Waals surface area (Å²) in [6.07, 6.45) is 1.32. The molecule has 0 atom stereocenters. The van der Waals surface area contributed by atoms with Crippen molar-refractivity contribution in [1.82, 2.24) is 4.90 Å². The molecule has 0 spiro atoms. The summed E-state index contributed by atoms with van der Waals surface area (Å²) in [6.45, 7) is 7.29. The van der Waals surface area contributed by atoms with Crippen LogP contribution in [-0.2, 0) is 4.79 Å². The third kappa shape index (κ3) is 2.31. The van der Waals surface area contributed by atoms with Crippen molar-refractivity contribution in [1.29, 1.82) is 0 Å². The number of rotatable bonds is 2. The van der Waals surface area contributed by atoms with Gasteiger partial charge in [0.25, 0.3) is 0 Å². The molecule has 0 saturated heterocycles. The summed E-state index contributed by atoms with van der Waals surface area (Å²) in [5.74, 6) is -0.0231. The normalized spacial score (nSPS) is 9.33. The van der Waals surface area contributed by atoms with Gasteiger partial charge in [-0.1, -0.05) is 6.58 Å². The van der Waals surface area contributed by atoms with Crippen molar-refractivity contribution in [3.63, 3.8) is 0 Å². The summed E-state index contributed by atoms with van der Waals surface area (Å²) in [5.41, 5.74) is 0. The van der Waals surface area contributed by atoms with Crippen molar-refractivity contribution in [2.24, 2.45) is 0 Å². The molecule has 2 nitrogen and oxygen atoms in total. The van der Waals surface area contributed by atoms with Crippen molar-refractivity contribution in [2.75, 3.05) is 7.05 Å². The van der Waals surface area contributed by atoms with Crippen molar-refractivity contribution < 1.29 is 4.79 Å². The molecule has 52 valence electrons. The second kappa shape index (κ2) is 3.28. The first-order valence-corrected chi connectivity index (χ1v) is 2.98. The molecule has 0 N–H and O–H groups in total. The topological polar surface area (TPSA) is 20.3 Å². The lowest BCUT2D eigenvalue weighted by atomic mass is 10.3. The van der Waals surface area contributed by atoms with Gasteiger partial charge in [0.1, 0.15) is 0 Å². The van der Waals surface area contributed by atoms with E-state index in [1.54, 1.807) is 11.9 Å². The van der Waals surface area contributed by atoms with Crippen molar-refractivity contribution in [3.8, 4) is 0 Å². The molecule has 9 heavy (non-hydrogen) atoms. The van der Waals surface area contributed by atoms with Gasteiger partial charge in [-0.05, 0) is 19.9 Å². The first-order valence-electron chi connectivity index (χ1n) is 2.98. The lowest BCUT2D eigenvalue weighted by Gasteiger charge is -2.18. The summed E-state index contributed by atoms with van der Waals surface area (Å²) < 4.78 is 0. The standard InChI is InChI=1S/C7H13NO/c1-5-7(9)8(4)6(2)3/h5-6H,1H2,2-4H3. The monoisotopic (exact) mass is 127 g/mol. The minimum Gasteiger partial charge on any atom is -0.340 e. The smallest absolute Gasteiger partial charge is 0.245 e. The number of carbonyl (C=O) groups excluding carboxylic acids is 1. The Kier molecular flexibility index (Phi) is 2.99. The predicted molar refractivity (Wildman–Crippen MR) is 38.1 cm³/mol. The number of hydrogen-bond donors (Lipinski definition) is 0. The van der Waals surface area contributed by atoms with Crippen LogP contribution in [0.3, 0.4) is 0 Å². The molecule has 1 amide bonds. The SMILES string of the molecule is C=CC(=O)N(C)C(C)C. The van der Waals surface area contributed by atoms with E-state index in [0.717, 1.165) is 0 Å². The van der Waals surface area contributed by atoms with Crippen LogP contribution in [0.25, 0.3) is 0 Å². The highest BCUT2D eigenvalue weighted by molar-refractivity contribution is 5.86. The summed E-state index contributed by atoms with van der Waals surface area (Å²) >= 11 is 0. The number of likely N-dealkylation sites (N-methyl/N-ethyl adjacent to an activating group) is 1. The summed E-state index contributed by atoms with van der Waals surface area (Å²) in [4.78, 5) is 12.4. The third-order valence-corrected chi connectivity index (χ3v) is 1.30. The van der Waals surface area contributed by atoms with Gasteiger partial charge in [-0.25, -0.2) is 0 Å². The zero-order chi connectivity index (χ0) is 7.44. The Morgan fingerprint density at radius 1 is 1.67 bits per heavy atom. The Morgan fingerprint density at radius 2 is 2.11 bits per heavy atom. The van der Waals surface area contributed by atoms with Crippen LogP contribution in [0, 0.1) is 0 Å². The van der Waals surface area contributed by atoms with Crippen LogP contribution >= 0.6 is 0 Å². The summed E-state index contributed by atoms with van der Waals surface area (Å²) in [7, 11) is 1.76. The molecule has 0 fully saturated rings. The molecule has 0 radical (unpaired) electrons. The molecule has 0 heterocycles. The zero-order valence-corrected chi connectivity index (χ0v) is 6.22. The van der Waals surface area contributed by atoms with Gasteiger partial charge in [0.05, 0.1) is 0 Å². The van der Waals surface area contributed by atoms with Crippen LogP contribution in [0.1, 0.15) is 13.8 Å². The second-order valence-corrected chi connectivity index (χ2v) is 2.25. The van der Waals surface area contributed by atoms with E-state index in [1.165, 1.54) is 6.08 Å². The number of hydrogen-bond acceptors (Lipinski definition) is 1. The molecule has 0 aromatic heterocycles. The fourth-order valence-corrected chi connectivity index (χ4v) is 0.398. The van der Waals surface area contributed by atoms with E-state index < -0.39 is 0 Å². The molecule has 0 unspecified atom stereocenters. The van der Waals surface area contributed by atoms with Crippen LogP contribution in [0.2, 0.25) is 0 Å². The highest BCUT2D eigenvalue weighted by atomic mass is 16.2. The van der Waals surface area contributed by atoms with Crippen molar-refractivity contribution in [3.05, 3.63) is 12.7 Å². The molecule has 0 bridgehead atoms. The van der Waals surface area contributed by atoms with E-state index >= 15 is 0 Å². The Bertz CT molecular complexity index is 118. The average molecular weight is 127 g/mol. The van der Waals surface area contributed by atoms with Crippen molar-refractivity contribution >= 4 is 5.91 Å². The van der Waals surface area contributed by atoms with Gasteiger partial charge in [0, 0.05) is 13.1 Å². The molecular formula is C7H13NO. The van der Waals surface area contributed by atoms with Gasteiger partial charge in [-0.3, -0.25) is 4.79 Å². The largest absolute Gasteiger partial charge is 0.340 e. The Morgan fingerprint density at radius 3 is 2.22 bits per heavy atom. The van der Waals surface area contributed by atoms with E-state index in [-0.39, 0.29) is 11.9 Å². The molecular weight excluding hydrogens is 114 g/mol. The number of carbonyl (C=O) groups is 1. The van der Waals surface area contributed by atoms with E-state index in [2.05, 4.69) is 6.58 Å². The van der Waals surface area contributed by atoms with Crippen LogP contribution in [-0.4, -0.2) is 23.9 Å². The maximum atomic E-state index is 10.8. The lowest BCUT2D eigenvalue weighted by molar-refractivity contribution is -0.126. The van der Waals surface area contributed by atoms with Gasteiger partial charge in [-0.15, -0.1) is 0 Å². The van der Waals surface area contributed by atoms with Crippen LogP contribution in [0.5, 0.6) is 0 Å². The molecule has 0 aromatic carbocycles. The Balaban J connectivity index is 3.87. The molecule has 2 heteroatoms. The molecule has 0 saturated carbocycles. The molecule has 0 aliphatic heterocycles. The fourth-order valence-electron chi connectivity index (χ4n) is 0.398. The van der Waals surface area contributed by atoms with Gasteiger partial charge < -0.3 is 4.90 Å². The maximum Gasteiger partial charge on any atom is 0.245 e. The number of amides is 1. The minimum absolute atomic E-state index is 0.0231. The molecule has 0 aliphatic carbocycles. The fraction of sp³-hybridized carbons (Fsp3) is 0.571.